The van der Waals surface area contributed by atoms with Crippen LogP contribution >= 0.6 is 0 Å². The highest BCUT2D eigenvalue weighted by atomic mass is 16.3. The van der Waals surface area contributed by atoms with Crippen LogP contribution in [0.15, 0.2) is 39.8 Å². The molecule has 49 valence electrons. The van der Waals surface area contributed by atoms with Crippen molar-refractivity contribution in [3.05, 3.63) is 37.2 Å². The first-order valence-electron chi connectivity index (χ1n) is 2.94. The molecule has 1 radical (unpaired) electrons. The van der Waals surface area contributed by atoms with E-state index < -0.39 is 0 Å². The van der Waals surface area contributed by atoms with Crippen molar-refractivity contribution in [1.82, 2.24) is 0 Å². The Morgan fingerprint density at radius 1 is 1.20 bits per heavy atom. The van der Waals surface area contributed by atoms with Gasteiger partial charge in [0.05, 0.1) is 18.8 Å². The first-order valence-corrected chi connectivity index (χ1v) is 2.94. The molecule has 2 nitrogen and oxygen atoms in total. The molecule has 0 N–H and O–H groups in total. The van der Waals surface area contributed by atoms with Crippen LogP contribution in [0.25, 0.3) is 11.1 Å². The molecule has 2 aromatic heterocycles. The summed E-state index contributed by atoms with van der Waals surface area (Å²) >= 11 is 0. The second-order valence-electron chi connectivity index (χ2n) is 1.95. The smallest absolute Gasteiger partial charge is 0.177 e. The van der Waals surface area contributed by atoms with Crippen molar-refractivity contribution in [3.63, 3.8) is 0 Å². The Hall–Kier alpha value is -1.44. The van der Waals surface area contributed by atoms with Gasteiger partial charge in [-0.25, -0.2) is 0 Å². The molecule has 2 aromatic rings. The molecule has 0 spiro atoms. The van der Waals surface area contributed by atoms with Crippen molar-refractivity contribution >= 4 is 0 Å². The zero-order valence-corrected chi connectivity index (χ0v) is 5.20. The SMILES string of the molecule is [c]1occc1-c1ccoc1. The predicted molar refractivity (Wildman–Crippen MR) is 35.2 cm³/mol. The second kappa shape index (κ2) is 2.06. The average molecular weight is 133 g/mol. The highest BCUT2D eigenvalue weighted by Gasteiger charge is 1.98. The lowest BCUT2D eigenvalue weighted by Crippen LogP contribution is -1.62. The summed E-state index contributed by atoms with van der Waals surface area (Å²) in [6, 6.07) is 3.70. The van der Waals surface area contributed by atoms with Gasteiger partial charge in [0.15, 0.2) is 6.26 Å². The van der Waals surface area contributed by atoms with Gasteiger partial charge in [0, 0.05) is 11.1 Å². The normalized spacial score (nSPS) is 10.0. The highest BCUT2D eigenvalue weighted by molar-refractivity contribution is 5.59. The first-order chi connectivity index (χ1) is 4.97. The van der Waals surface area contributed by atoms with Crippen molar-refractivity contribution in [2.45, 2.75) is 0 Å². The lowest BCUT2D eigenvalue weighted by molar-refractivity contribution is 0.558. The minimum Gasteiger partial charge on any atom is -0.472 e. The van der Waals surface area contributed by atoms with Gasteiger partial charge in [-0.05, 0) is 12.1 Å². The van der Waals surface area contributed by atoms with Gasteiger partial charge in [-0.2, -0.15) is 0 Å². The topological polar surface area (TPSA) is 26.3 Å². The Morgan fingerprint density at radius 2 is 2.20 bits per heavy atom. The summed E-state index contributed by atoms with van der Waals surface area (Å²) in [7, 11) is 0. The van der Waals surface area contributed by atoms with Crippen molar-refractivity contribution in [3.8, 4) is 11.1 Å². The van der Waals surface area contributed by atoms with E-state index in [1.165, 1.54) is 0 Å². The zero-order valence-electron chi connectivity index (χ0n) is 5.20. The van der Waals surface area contributed by atoms with Gasteiger partial charge in [0.2, 0.25) is 0 Å². The van der Waals surface area contributed by atoms with Crippen LogP contribution in [-0.4, -0.2) is 0 Å². The van der Waals surface area contributed by atoms with E-state index in [4.69, 9.17) is 8.83 Å². The van der Waals surface area contributed by atoms with E-state index in [9.17, 15) is 0 Å². The summed E-state index contributed by atoms with van der Waals surface area (Å²) in [6.07, 6.45) is 7.57. The molecule has 0 bridgehead atoms. The maximum Gasteiger partial charge on any atom is 0.177 e. The Morgan fingerprint density at radius 3 is 2.80 bits per heavy atom. The molecule has 0 atom stereocenters. The number of furan rings is 2. The lowest BCUT2D eigenvalue weighted by atomic mass is 10.2. The Balaban J connectivity index is 2.48. The van der Waals surface area contributed by atoms with Gasteiger partial charge in [-0.15, -0.1) is 0 Å². The molecule has 2 rings (SSSR count). The van der Waals surface area contributed by atoms with Gasteiger partial charge in [0.1, 0.15) is 0 Å². The van der Waals surface area contributed by atoms with Crippen LogP contribution in [-0.2, 0) is 0 Å². The van der Waals surface area contributed by atoms with Gasteiger partial charge < -0.3 is 8.83 Å². The van der Waals surface area contributed by atoms with E-state index >= 15 is 0 Å². The van der Waals surface area contributed by atoms with Crippen LogP contribution in [0.1, 0.15) is 0 Å². The molecule has 0 fully saturated rings. The Bertz CT molecular complexity index is 247. The van der Waals surface area contributed by atoms with E-state index in [0.29, 0.717) is 0 Å². The van der Waals surface area contributed by atoms with Crippen LogP contribution in [0.3, 0.4) is 0 Å². The fourth-order valence-electron chi connectivity index (χ4n) is 0.806. The van der Waals surface area contributed by atoms with Crippen LogP contribution in [0.4, 0.5) is 0 Å². The van der Waals surface area contributed by atoms with Crippen LogP contribution in [0.2, 0.25) is 0 Å². The molecular formula is C8H5O2. The van der Waals surface area contributed by atoms with Crippen molar-refractivity contribution in [2.75, 3.05) is 0 Å². The molecule has 2 heterocycles. The Kier molecular flexibility index (Phi) is 1.10. The van der Waals surface area contributed by atoms with Crippen molar-refractivity contribution < 1.29 is 8.83 Å². The molecule has 0 aliphatic carbocycles. The summed E-state index contributed by atoms with van der Waals surface area (Å²) in [5, 5.41) is 0. The number of hydrogen-bond donors (Lipinski definition) is 0. The standard InChI is InChI=1S/C8H5O2/c1-3-9-5-7(1)8-2-4-10-6-8/h1-5H. The summed E-state index contributed by atoms with van der Waals surface area (Å²) in [4.78, 5) is 0. The van der Waals surface area contributed by atoms with Gasteiger partial charge in [-0.3, -0.25) is 0 Å². The van der Waals surface area contributed by atoms with E-state index in [2.05, 4.69) is 6.26 Å². The maximum atomic E-state index is 4.88. The van der Waals surface area contributed by atoms with E-state index in [-0.39, 0.29) is 0 Å². The van der Waals surface area contributed by atoms with Crippen LogP contribution in [0.5, 0.6) is 0 Å². The van der Waals surface area contributed by atoms with E-state index in [0.717, 1.165) is 11.1 Å². The van der Waals surface area contributed by atoms with Crippen molar-refractivity contribution in [1.29, 1.82) is 0 Å². The van der Waals surface area contributed by atoms with Gasteiger partial charge >= 0.3 is 0 Å². The average Bonchev–Trinajstić information content (AvgIpc) is 2.59. The summed E-state index contributed by atoms with van der Waals surface area (Å²) in [5.41, 5.74) is 1.92. The third-order valence-electron chi connectivity index (χ3n) is 1.30. The molecule has 0 aromatic carbocycles. The van der Waals surface area contributed by atoms with E-state index in [1.54, 1.807) is 18.8 Å². The molecule has 0 aliphatic heterocycles. The largest absolute Gasteiger partial charge is 0.472 e. The number of rotatable bonds is 1. The third kappa shape index (κ3) is 0.739. The lowest BCUT2D eigenvalue weighted by Gasteiger charge is -1.81. The monoisotopic (exact) mass is 133 g/mol. The minimum absolute atomic E-state index is 0.925. The third-order valence-corrected chi connectivity index (χ3v) is 1.30. The summed E-state index contributed by atoms with van der Waals surface area (Å²) in [5.74, 6) is 0. The molecule has 0 aliphatic rings. The quantitative estimate of drug-likeness (QED) is 0.596. The molecule has 0 amide bonds. The van der Waals surface area contributed by atoms with Crippen LogP contribution in [0, 0.1) is 6.26 Å². The first kappa shape index (κ1) is 5.35. The van der Waals surface area contributed by atoms with Crippen molar-refractivity contribution in [2.24, 2.45) is 0 Å². The Labute approximate surface area is 58.1 Å². The summed E-state index contributed by atoms with van der Waals surface area (Å²) in [6.45, 7) is 0. The van der Waals surface area contributed by atoms with Crippen LogP contribution < -0.4 is 0 Å². The highest BCUT2D eigenvalue weighted by Crippen LogP contribution is 2.18. The van der Waals surface area contributed by atoms with Gasteiger partial charge in [0.25, 0.3) is 0 Å². The summed E-state index contributed by atoms with van der Waals surface area (Å²) < 4.78 is 9.65. The molecule has 10 heavy (non-hydrogen) atoms. The minimum atomic E-state index is 0.925. The predicted octanol–water partition coefficient (Wildman–Crippen LogP) is 2.34. The second-order valence-corrected chi connectivity index (χ2v) is 1.95. The molecular weight excluding hydrogens is 128 g/mol. The zero-order chi connectivity index (χ0) is 6.81. The molecule has 0 saturated heterocycles. The maximum absolute atomic E-state index is 4.88. The fourth-order valence-corrected chi connectivity index (χ4v) is 0.806. The fraction of sp³-hybridized carbons (Fsp3) is 0. The molecule has 2 heteroatoms. The molecule has 0 saturated carbocycles. The molecule has 0 unspecified atom stereocenters. The van der Waals surface area contributed by atoms with Gasteiger partial charge in [-0.1, -0.05) is 0 Å². The van der Waals surface area contributed by atoms with E-state index in [1.807, 2.05) is 12.1 Å². The number of hydrogen-bond acceptors (Lipinski definition) is 2.